The number of hydrogen-bond acceptors (Lipinski definition) is 8. The number of aromatic nitrogens is 1. The second-order valence-electron chi connectivity index (χ2n) is 10.1. The van der Waals surface area contributed by atoms with Crippen molar-refractivity contribution < 1.29 is 28.4 Å². The molecule has 4 rings (SSSR count). The summed E-state index contributed by atoms with van der Waals surface area (Å²) in [5, 5.41) is 23.1. The molecule has 2 unspecified atom stereocenters. The molecule has 0 bridgehead atoms. The third-order valence-electron chi connectivity index (χ3n) is 6.47. The van der Waals surface area contributed by atoms with Crippen LogP contribution in [0.25, 0.3) is 0 Å². The van der Waals surface area contributed by atoms with Crippen LogP contribution in [0.3, 0.4) is 0 Å². The molecule has 2 aromatic heterocycles. The number of aliphatic hydroxyl groups excluding tert-OH is 2. The molecule has 10 nitrogen and oxygen atoms in total. The number of likely N-dealkylation sites (N-methyl/N-ethyl adjacent to an activating group) is 1. The second-order valence-corrected chi connectivity index (χ2v) is 12.3. The zero-order chi connectivity index (χ0) is 31.5. The van der Waals surface area contributed by atoms with E-state index < -0.39 is 21.7 Å². The van der Waals surface area contributed by atoms with Gasteiger partial charge in [0.25, 0.3) is 11.8 Å². The Labute approximate surface area is 256 Å². The topological polar surface area (TPSA) is 145 Å². The van der Waals surface area contributed by atoms with Gasteiger partial charge in [-0.3, -0.25) is 19.3 Å². The number of furan rings is 1. The second kappa shape index (κ2) is 15.1. The predicted octanol–water partition coefficient (Wildman–Crippen LogP) is 3.10. The van der Waals surface area contributed by atoms with Crippen molar-refractivity contribution in [3.05, 3.63) is 113 Å². The van der Waals surface area contributed by atoms with Crippen molar-refractivity contribution in [3.63, 3.8) is 0 Å². The van der Waals surface area contributed by atoms with Crippen LogP contribution in [0.15, 0.2) is 94.7 Å². The molecule has 2 heterocycles. The summed E-state index contributed by atoms with van der Waals surface area (Å²) in [6.45, 7) is 2.15. The maximum atomic E-state index is 14.0. The van der Waals surface area contributed by atoms with Gasteiger partial charge >= 0.3 is 0 Å². The van der Waals surface area contributed by atoms with Crippen LogP contribution in [0, 0.1) is 18.8 Å². The number of nitrogens with zero attached hydrogens (tertiary/aromatic N) is 2. The SMILES string of the molecule is Cc1ccoc1C(=O)Nc1cccc(C#Cc2cncc(C(=O)NS(=O)(=CCCN(C)CC(O)CO)c3ccccc3)c2)c1. The maximum absolute atomic E-state index is 14.0. The highest BCUT2D eigenvalue weighted by atomic mass is 32.2. The third kappa shape index (κ3) is 8.89. The lowest BCUT2D eigenvalue weighted by Gasteiger charge is -2.19. The lowest BCUT2D eigenvalue weighted by atomic mass is 10.1. The van der Waals surface area contributed by atoms with Crippen molar-refractivity contribution in [2.75, 3.05) is 32.1 Å². The van der Waals surface area contributed by atoms with Gasteiger partial charge in [0.2, 0.25) is 0 Å². The van der Waals surface area contributed by atoms with Crippen molar-refractivity contribution in [1.82, 2.24) is 14.6 Å². The first-order valence-electron chi connectivity index (χ1n) is 13.8. The van der Waals surface area contributed by atoms with Crippen molar-refractivity contribution in [1.29, 1.82) is 0 Å². The van der Waals surface area contributed by atoms with Gasteiger partial charge < -0.3 is 24.8 Å². The number of aliphatic hydroxyl groups is 2. The molecule has 0 aliphatic rings. The van der Waals surface area contributed by atoms with E-state index in [0.29, 0.717) is 34.7 Å². The van der Waals surface area contributed by atoms with Gasteiger partial charge in [-0.25, -0.2) is 4.21 Å². The van der Waals surface area contributed by atoms with Gasteiger partial charge in [-0.1, -0.05) is 36.1 Å². The average Bonchev–Trinajstić information content (AvgIpc) is 3.46. The molecule has 0 spiro atoms. The summed E-state index contributed by atoms with van der Waals surface area (Å²) in [5.74, 6) is 5.31. The summed E-state index contributed by atoms with van der Waals surface area (Å²) in [5.41, 5.74) is 2.57. The average molecular weight is 615 g/mol. The highest BCUT2D eigenvalue weighted by molar-refractivity contribution is 8.00. The molecular formula is C33H34N4O6S. The molecule has 0 radical (unpaired) electrons. The van der Waals surface area contributed by atoms with Gasteiger partial charge in [0.15, 0.2) is 5.76 Å². The molecular weight excluding hydrogens is 580 g/mol. The zero-order valence-corrected chi connectivity index (χ0v) is 25.2. The molecule has 44 heavy (non-hydrogen) atoms. The van der Waals surface area contributed by atoms with Crippen molar-refractivity contribution in [2.45, 2.75) is 24.3 Å². The maximum Gasteiger partial charge on any atom is 0.291 e. The number of rotatable bonds is 11. The van der Waals surface area contributed by atoms with Crippen LogP contribution >= 0.6 is 0 Å². The van der Waals surface area contributed by atoms with Crippen LogP contribution in [-0.4, -0.2) is 74.3 Å². The molecule has 0 saturated carbocycles. The van der Waals surface area contributed by atoms with Gasteiger partial charge in [0, 0.05) is 52.8 Å². The standard InChI is InChI=1S/C33H34N4O6S/c1-24-14-16-43-31(24)33(41)35-28-9-6-8-25(19-28)12-13-26-18-27(21-34-20-26)32(40)36-44(42,30-10-4-3-5-11-30)17-7-15-37(2)22-29(39)23-38/h3-6,8-11,14,16-21,29,38-39H,7,15,22-23H2,1-2H3,(H,35,41)(H,36,40,42). The molecule has 0 saturated heterocycles. The van der Waals surface area contributed by atoms with E-state index in [1.807, 2.05) is 0 Å². The van der Waals surface area contributed by atoms with Gasteiger partial charge in [-0.15, -0.1) is 0 Å². The van der Waals surface area contributed by atoms with E-state index in [1.54, 1.807) is 91.0 Å². The van der Waals surface area contributed by atoms with Crippen molar-refractivity contribution >= 4 is 32.6 Å². The van der Waals surface area contributed by atoms with Crippen molar-refractivity contribution in [2.24, 2.45) is 0 Å². The quantitative estimate of drug-likeness (QED) is 0.149. The molecule has 2 aromatic carbocycles. The highest BCUT2D eigenvalue weighted by Gasteiger charge is 2.17. The number of amides is 2. The fourth-order valence-electron chi connectivity index (χ4n) is 4.21. The first-order valence-corrected chi connectivity index (χ1v) is 15.4. The van der Waals surface area contributed by atoms with E-state index in [9.17, 15) is 18.9 Å². The Morgan fingerprint density at radius 2 is 1.82 bits per heavy atom. The van der Waals surface area contributed by atoms with Gasteiger partial charge in [0.1, 0.15) is 0 Å². The minimum Gasteiger partial charge on any atom is -0.459 e. The molecule has 0 fully saturated rings. The third-order valence-corrected chi connectivity index (χ3v) is 8.64. The Morgan fingerprint density at radius 1 is 1.05 bits per heavy atom. The highest BCUT2D eigenvalue weighted by Crippen LogP contribution is 2.15. The number of nitrogens with one attached hydrogen (secondary N) is 2. The molecule has 11 heteroatoms. The number of benzene rings is 2. The zero-order valence-electron chi connectivity index (χ0n) is 24.4. The Bertz CT molecular complexity index is 1780. The fraction of sp³-hybridized carbons (Fsp3) is 0.212. The molecule has 228 valence electrons. The largest absolute Gasteiger partial charge is 0.459 e. The Morgan fingerprint density at radius 3 is 2.55 bits per heavy atom. The predicted molar refractivity (Wildman–Crippen MR) is 170 cm³/mol. The number of pyridine rings is 1. The summed E-state index contributed by atoms with van der Waals surface area (Å²) < 4.78 is 22.0. The number of aryl methyl sites for hydroxylation is 1. The number of carbonyl (C=O) groups is 2. The summed E-state index contributed by atoms with van der Waals surface area (Å²) >= 11 is 0. The summed E-state index contributed by atoms with van der Waals surface area (Å²) in [6.07, 6.45) is 3.84. The lowest BCUT2D eigenvalue weighted by molar-refractivity contribution is 0.0674. The van der Waals surface area contributed by atoms with E-state index in [1.165, 1.54) is 18.7 Å². The normalized spacial score (nSPS) is 12.8. The van der Waals surface area contributed by atoms with E-state index in [4.69, 9.17) is 9.52 Å². The smallest absolute Gasteiger partial charge is 0.291 e. The van der Waals surface area contributed by atoms with E-state index >= 15 is 0 Å². The van der Waals surface area contributed by atoms with Crippen LogP contribution in [0.1, 0.15) is 44.0 Å². The Hall–Kier alpha value is -4.73. The number of anilines is 1. The summed E-state index contributed by atoms with van der Waals surface area (Å²) in [4.78, 5) is 32.2. The molecule has 4 N–H and O–H groups in total. The minimum atomic E-state index is -3.11. The van der Waals surface area contributed by atoms with Crippen molar-refractivity contribution in [3.8, 4) is 11.8 Å². The molecule has 0 aliphatic heterocycles. The van der Waals surface area contributed by atoms with Gasteiger partial charge in [0.05, 0.1) is 34.2 Å². The van der Waals surface area contributed by atoms with Crippen LogP contribution < -0.4 is 10.0 Å². The van der Waals surface area contributed by atoms with Crippen LogP contribution in [0.4, 0.5) is 5.69 Å². The minimum absolute atomic E-state index is 0.187. The lowest BCUT2D eigenvalue weighted by Crippen LogP contribution is -2.34. The molecule has 2 atom stereocenters. The molecule has 0 aliphatic carbocycles. The van der Waals surface area contributed by atoms with E-state index in [0.717, 1.165) is 5.56 Å². The van der Waals surface area contributed by atoms with Gasteiger partial charge in [-0.2, -0.15) is 0 Å². The van der Waals surface area contributed by atoms with Gasteiger partial charge in [-0.05, 0) is 68.2 Å². The Balaban J connectivity index is 1.49. The summed E-state index contributed by atoms with van der Waals surface area (Å²) in [7, 11) is -1.34. The number of carbonyl (C=O) groups excluding carboxylic acids is 2. The molecule has 4 aromatic rings. The van der Waals surface area contributed by atoms with E-state index in [2.05, 4.69) is 26.9 Å². The monoisotopic (exact) mass is 614 g/mol. The Kier molecular flexibility index (Phi) is 11.1. The fourth-order valence-corrected chi connectivity index (χ4v) is 5.99. The first-order chi connectivity index (χ1) is 21.2. The van der Waals surface area contributed by atoms with Crippen LogP contribution in [-0.2, 0) is 9.71 Å². The first kappa shape index (κ1) is 32.2. The molecule has 2 amide bonds. The van der Waals surface area contributed by atoms with Crippen LogP contribution in [0.2, 0.25) is 0 Å². The number of hydrogen-bond donors (Lipinski definition) is 4. The summed E-state index contributed by atoms with van der Waals surface area (Å²) in [6, 6.07) is 19.0. The van der Waals surface area contributed by atoms with Crippen LogP contribution in [0.5, 0.6) is 0 Å². The van der Waals surface area contributed by atoms with E-state index in [-0.39, 0.29) is 30.4 Å².